The molecule has 0 bridgehead atoms. The lowest BCUT2D eigenvalue weighted by molar-refractivity contribution is 0.391. The van der Waals surface area contributed by atoms with E-state index < -0.39 is 16.1 Å². The van der Waals surface area contributed by atoms with Crippen molar-refractivity contribution in [2.45, 2.75) is 17.9 Å². The molecule has 124 valence electrons. The third kappa shape index (κ3) is 4.16. The van der Waals surface area contributed by atoms with E-state index in [0.717, 1.165) is 5.56 Å². The van der Waals surface area contributed by atoms with Crippen LogP contribution in [0.5, 0.6) is 11.5 Å². The molecule has 1 N–H and O–H groups in total. The third-order valence-corrected chi connectivity index (χ3v) is 5.18. The van der Waals surface area contributed by atoms with Crippen LogP contribution in [-0.2, 0) is 10.0 Å². The summed E-state index contributed by atoms with van der Waals surface area (Å²) in [5, 5.41) is 0.596. The van der Waals surface area contributed by atoms with Crippen LogP contribution in [0.15, 0.2) is 47.4 Å². The largest absolute Gasteiger partial charge is 0.497 e. The van der Waals surface area contributed by atoms with E-state index in [-0.39, 0.29) is 10.6 Å². The number of methoxy groups -OCH3 is 2. The van der Waals surface area contributed by atoms with Gasteiger partial charge in [-0.2, -0.15) is 0 Å². The molecule has 5 nitrogen and oxygen atoms in total. The zero-order chi connectivity index (χ0) is 17.0. The maximum Gasteiger partial charge on any atom is 0.244 e. The van der Waals surface area contributed by atoms with E-state index >= 15 is 0 Å². The van der Waals surface area contributed by atoms with Gasteiger partial charge in [-0.15, -0.1) is 0 Å². The molecular weight excluding hydrogens is 338 g/mol. The topological polar surface area (TPSA) is 64.6 Å². The van der Waals surface area contributed by atoms with Crippen molar-refractivity contribution in [1.82, 2.24) is 4.72 Å². The first-order chi connectivity index (χ1) is 10.9. The second-order valence-electron chi connectivity index (χ2n) is 4.91. The average Bonchev–Trinajstić information content (AvgIpc) is 2.54. The molecule has 0 saturated heterocycles. The summed E-state index contributed by atoms with van der Waals surface area (Å²) in [6.45, 7) is 1.76. The van der Waals surface area contributed by atoms with Crippen LogP contribution in [0, 0.1) is 0 Å². The summed E-state index contributed by atoms with van der Waals surface area (Å²) in [5.41, 5.74) is 0.805. The number of ether oxygens (including phenoxy) is 2. The van der Waals surface area contributed by atoms with Crippen molar-refractivity contribution in [3.05, 3.63) is 53.1 Å². The first kappa shape index (κ1) is 17.6. The Kier molecular flexibility index (Phi) is 5.51. The molecule has 23 heavy (non-hydrogen) atoms. The predicted octanol–water partition coefficient (Wildman–Crippen LogP) is 3.40. The number of benzene rings is 2. The molecule has 2 rings (SSSR count). The molecule has 1 unspecified atom stereocenters. The molecule has 0 aliphatic carbocycles. The first-order valence-corrected chi connectivity index (χ1v) is 8.73. The second-order valence-corrected chi connectivity index (χ2v) is 7.03. The Morgan fingerprint density at radius 2 is 1.70 bits per heavy atom. The van der Waals surface area contributed by atoms with Crippen molar-refractivity contribution in [3.8, 4) is 11.5 Å². The van der Waals surface area contributed by atoms with Crippen LogP contribution in [0.3, 0.4) is 0 Å². The molecule has 0 aromatic heterocycles. The van der Waals surface area contributed by atoms with E-state index in [2.05, 4.69) is 4.72 Å². The fraction of sp³-hybridized carbons (Fsp3) is 0.250. The van der Waals surface area contributed by atoms with Gasteiger partial charge in [0.25, 0.3) is 0 Å². The fourth-order valence-electron chi connectivity index (χ4n) is 2.11. The molecule has 0 amide bonds. The Balaban J connectivity index is 2.33. The summed E-state index contributed by atoms with van der Waals surface area (Å²) >= 11 is 5.85. The Hall–Kier alpha value is -1.76. The molecular formula is C16H18ClNO4S. The number of rotatable bonds is 6. The highest BCUT2D eigenvalue weighted by Crippen LogP contribution is 2.29. The van der Waals surface area contributed by atoms with Gasteiger partial charge >= 0.3 is 0 Å². The summed E-state index contributed by atoms with van der Waals surface area (Å²) < 4.78 is 38.2. The lowest BCUT2D eigenvalue weighted by Crippen LogP contribution is -2.27. The van der Waals surface area contributed by atoms with Crippen LogP contribution in [0.4, 0.5) is 0 Å². The highest BCUT2D eigenvalue weighted by atomic mass is 35.5. The minimum absolute atomic E-state index is 0.0279. The Labute approximate surface area is 141 Å². The Morgan fingerprint density at radius 3 is 2.26 bits per heavy atom. The predicted molar refractivity (Wildman–Crippen MR) is 89.7 cm³/mol. The number of nitrogens with one attached hydrogen (secondary N) is 1. The van der Waals surface area contributed by atoms with Crippen molar-refractivity contribution >= 4 is 21.6 Å². The van der Waals surface area contributed by atoms with Crippen molar-refractivity contribution in [1.29, 1.82) is 0 Å². The van der Waals surface area contributed by atoms with Crippen LogP contribution < -0.4 is 14.2 Å². The van der Waals surface area contributed by atoms with Gasteiger partial charge in [-0.25, -0.2) is 13.1 Å². The molecule has 0 aliphatic rings. The van der Waals surface area contributed by atoms with E-state index in [1.54, 1.807) is 43.3 Å². The maximum atomic E-state index is 12.7. The van der Waals surface area contributed by atoms with Crippen molar-refractivity contribution in [3.63, 3.8) is 0 Å². The lowest BCUT2D eigenvalue weighted by atomic mass is 10.1. The summed E-state index contributed by atoms with van der Waals surface area (Å²) in [6, 6.07) is 11.2. The van der Waals surface area contributed by atoms with Gasteiger partial charge in [0.05, 0.1) is 14.2 Å². The molecule has 0 aliphatic heterocycles. The van der Waals surface area contributed by atoms with E-state index in [9.17, 15) is 8.42 Å². The van der Waals surface area contributed by atoms with E-state index in [1.165, 1.54) is 20.3 Å². The van der Waals surface area contributed by atoms with Gasteiger partial charge in [0.2, 0.25) is 10.0 Å². The van der Waals surface area contributed by atoms with Crippen molar-refractivity contribution in [2.75, 3.05) is 14.2 Å². The molecule has 0 heterocycles. The quantitative estimate of drug-likeness (QED) is 0.862. The summed E-state index contributed by atoms with van der Waals surface area (Å²) in [5.74, 6) is 0.687. The molecule has 2 aromatic rings. The molecule has 0 fully saturated rings. The number of hydrogen-bond acceptors (Lipinski definition) is 4. The smallest absolute Gasteiger partial charge is 0.244 e. The van der Waals surface area contributed by atoms with Gasteiger partial charge in [0.15, 0.2) is 0 Å². The van der Waals surface area contributed by atoms with Crippen LogP contribution in [0.25, 0.3) is 0 Å². The monoisotopic (exact) mass is 355 g/mol. The maximum absolute atomic E-state index is 12.7. The SMILES string of the molecule is COc1ccc(OC)c(S(=O)(=O)NC(C)c2ccc(Cl)cc2)c1. The highest BCUT2D eigenvalue weighted by Gasteiger charge is 2.23. The molecule has 0 radical (unpaired) electrons. The Morgan fingerprint density at radius 1 is 1.04 bits per heavy atom. The Bertz CT molecular complexity index is 775. The number of sulfonamides is 1. The fourth-order valence-corrected chi connectivity index (χ4v) is 3.65. The second kappa shape index (κ2) is 7.21. The van der Waals surface area contributed by atoms with E-state index in [1.807, 2.05) is 0 Å². The van der Waals surface area contributed by atoms with Gasteiger partial charge in [0, 0.05) is 17.1 Å². The minimum Gasteiger partial charge on any atom is -0.497 e. The van der Waals surface area contributed by atoms with E-state index in [4.69, 9.17) is 21.1 Å². The number of halogens is 1. The zero-order valence-electron chi connectivity index (χ0n) is 13.0. The molecule has 0 saturated carbocycles. The normalized spacial score (nSPS) is 12.7. The molecule has 2 aromatic carbocycles. The average molecular weight is 356 g/mol. The minimum atomic E-state index is -3.78. The summed E-state index contributed by atoms with van der Waals surface area (Å²) in [4.78, 5) is 0.0279. The van der Waals surface area contributed by atoms with Crippen molar-refractivity contribution < 1.29 is 17.9 Å². The summed E-state index contributed by atoms with van der Waals surface area (Å²) in [6.07, 6.45) is 0. The van der Waals surface area contributed by atoms with Crippen LogP contribution in [0.2, 0.25) is 5.02 Å². The highest BCUT2D eigenvalue weighted by molar-refractivity contribution is 7.89. The van der Waals surface area contributed by atoms with Crippen molar-refractivity contribution in [2.24, 2.45) is 0 Å². The van der Waals surface area contributed by atoms with Gasteiger partial charge in [0.1, 0.15) is 16.4 Å². The molecule has 1 atom stereocenters. The molecule has 0 spiro atoms. The standard InChI is InChI=1S/C16H18ClNO4S/c1-11(12-4-6-13(17)7-5-12)18-23(19,20)16-10-14(21-2)8-9-15(16)22-3/h4-11,18H,1-3H3. The van der Waals surface area contributed by atoms with Crippen LogP contribution in [-0.4, -0.2) is 22.6 Å². The van der Waals surface area contributed by atoms with Gasteiger partial charge < -0.3 is 9.47 Å². The van der Waals surface area contributed by atoms with E-state index in [0.29, 0.717) is 10.8 Å². The zero-order valence-corrected chi connectivity index (χ0v) is 14.6. The van der Waals surface area contributed by atoms with Gasteiger partial charge in [-0.3, -0.25) is 0 Å². The van der Waals surface area contributed by atoms with Gasteiger partial charge in [-0.05, 0) is 36.8 Å². The van der Waals surface area contributed by atoms with Crippen LogP contribution in [0.1, 0.15) is 18.5 Å². The van der Waals surface area contributed by atoms with Crippen LogP contribution >= 0.6 is 11.6 Å². The van der Waals surface area contributed by atoms with Gasteiger partial charge in [-0.1, -0.05) is 23.7 Å². The lowest BCUT2D eigenvalue weighted by Gasteiger charge is -2.17. The number of hydrogen-bond donors (Lipinski definition) is 1. The summed E-state index contributed by atoms with van der Waals surface area (Å²) in [7, 11) is -0.887. The third-order valence-electron chi connectivity index (χ3n) is 3.36. The molecule has 7 heteroatoms. The first-order valence-electron chi connectivity index (χ1n) is 6.87.